The lowest BCUT2D eigenvalue weighted by molar-refractivity contribution is 0.0785. The van der Waals surface area contributed by atoms with Crippen molar-refractivity contribution in [3.63, 3.8) is 0 Å². The molecule has 0 saturated heterocycles. The van der Waals surface area contributed by atoms with Crippen LogP contribution in [0.4, 0.5) is 0 Å². The topological polar surface area (TPSA) is 68.3 Å². The maximum Gasteiger partial charge on any atom is 0.234 e. The lowest BCUT2D eigenvalue weighted by atomic mass is 9.86. The molecule has 1 aliphatic rings. The number of Topliss-reactive ketones (excluding diaryl/α,β-unsaturated/α-hetero) is 4. The molecule has 0 fully saturated rings. The van der Waals surface area contributed by atoms with Crippen LogP contribution in [-0.2, 0) is 0 Å². The molecular weight excluding hydrogens is 256 g/mol. The molecule has 4 heteroatoms. The van der Waals surface area contributed by atoms with Gasteiger partial charge in [-0.05, 0) is 0 Å². The van der Waals surface area contributed by atoms with Crippen molar-refractivity contribution in [2.45, 2.75) is 0 Å². The Morgan fingerprint density at radius 1 is 0.400 bits per heavy atom. The molecule has 0 amide bonds. The van der Waals surface area contributed by atoms with Crippen LogP contribution in [0.1, 0.15) is 41.4 Å². The minimum atomic E-state index is -0.770. The van der Waals surface area contributed by atoms with E-state index in [-0.39, 0.29) is 22.3 Å². The normalized spacial score (nSPS) is 14.4. The average molecular weight is 264 g/mol. The predicted octanol–water partition coefficient (Wildman–Crippen LogP) is 2.13. The number of rotatable bonds is 0. The summed E-state index contributed by atoms with van der Waals surface area (Å²) in [5.74, 6) is -3.08. The molecule has 0 bridgehead atoms. The Hall–Kier alpha value is -2.88. The van der Waals surface area contributed by atoms with Gasteiger partial charge in [0.2, 0.25) is 23.1 Å². The zero-order valence-corrected chi connectivity index (χ0v) is 10.3. The molecule has 0 N–H and O–H groups in total. The largest absolute Gasteiger partial charge is 0.285 e. The number of benzene rings is 2. The second-order valence-corrected chi connectivity index (χ2v) is 4.41. The predicted molar refractivity (Wildman–Crippen MR) is 70.2 cm³/mol. The van der Waals surface area contributed by atoms with Crippen molar-refractivity contribution in [3.8, 4) is 0 Å². The smallest absolute Gasteiger partial charge is 0.234 e. The van der Waals surface area contributed by atoms with Crippen LogP contribution in [0.2, 0.25) is 0 Å². The van der Waals surface area contributed by atoms with Crippen LogP contribution in [0, 0.1) is 0 Å². The molecule has 20 heavy (non-hydrogen) atoms. The lowest BCUT2D eigenvalue weighted by Crippen LogP contribution is -2.28. The van der Waals surface area contributed by atoms with Crippen LogP contribution in [0.5, 0.6) is 0 Å². The third-order valence-corrected chi connectivity index (χ3v) is 3.25. The number of fused-ring (bicyclic) bond motifs is 2. The lowest BCUT2D eigenvalue weighted by Gasteiger charge is -2.13. The van der Waals surface area contributed by atoms with Gasteiger partial charge in [-0.1, -0.05) is 48.5 Å². The molecular formula is C16H8O4. The van der Waals surface area contributed by atoms with Gasteiger partial charge in [0, 0.05) is 22.3 Å². The van der Waals surface area contributed by atoms with Gasteiger partial charge in [-0.2, -0.15) is 0 Å². The van der Waals surface area contributed by atoms with Crippen LogP contribution in [0.15, 0.2) is 48.5 Å². The standard InChI is InChI=1S/C16H8O4/c17-13-9-5-1-2-6-10(9)14(18)16(20)12-8-4-3-7-11(12)15(13)19/h1-8H. The molecule has 0 heterocycles. The summed E-state index contributed by atoms with van der Waals surface area (Å²) in [6.45, 7) is 0. The van der Waals surface area contributed by atoms with Gasteiger partial charge in [0.05, 0.1) is 0 Å². The van der Waals surface area contributed by atoms with Crippen LogP contribution < -0.4 is 0 Å². The van der Waals surface area contributed by atoms with E-state index in [2.05, 4.69) is 0 Å². The fourth-order valence-corrected chi connectivity index (χ4v) is 2.25. The second-order valence-electron chi connectivity index (χ2n) is 4.41. The number of carbonyl (C=O) groups excluding carboxylic acids is 4. The Bertz CT molecular complexity index is 653. The van der Waals surface area contributed by atoms with E-state index >= 15 is 0 Å². The molecule has 0 aromatic heterocycles. The van der Waals surface area contributed by atoms with E-state index in [1.54, 1.807) is 24.3 Å². The summed E-state index contributed by atoms with van der Waals surface area (Å²) in [5, 5.41) is 0. The minimum Gasteiger partial charge on any atom is -0.285 e. The van der Waals surface area contributed by atoms with Crippen molar-refractivity contribution >= 4 is 23.1 Å². The van der Waals surface area contributed by atoms with Crippen molar-refractivity contribution in [2.75, 3.05) is 0 Å². The number of hydrogen-bond donors (Lipinski definition) is 0. The van der Waals surface area contributed by atoms with Crippen molar-refractivity contribution < 1.29 is 19.2 Å². The monoisotopic (exact) mass is 264 g/mol. The molecule has 4 nitrogen and oxygen atoms in total. The fraction of sp³-hybridized carbons (Fsp3) is 0. The Labute approximate surface area is 114 Å². The van der Waals surface area contributed by atoms with Crippen molar-refractivity contribution in [1.82, 2.24) is 0 Å². The molecule has 3 rings (SSSR count). The Balaban J connectivity index is 2.34. The molecule has 0 atom stereocenters. The number of carbonyl (C=O) groups is 4. The minimum absolute atomic E-state index is 0.0228. The van der Waals surface area contributed by atoms with E-state index in [0.717, 1.165) is 0 Å². The van der Waals surface area contributed by atoms with E-state index in [1.807, 2.05) is 0 Å². The third kappa shape index (κ3) is 1.62. The maximum absolute atomic E-state index is 12.2. The summed E-state index contributed by atoms with van der Waals surface area (Å²) in [7, 11) is 0. The SMILES string of the molecule is O=C1C(=O)c2ccccc2C(=O)C(=O)c2ccccc21. The molecule has 0 spiro atoms. The van der Waals surface area contributed by atoms with Crippen LogP contribution in [-0.4, -0.2) is 23.1 Å². The first kappa shape index (κ1) is 12.2. The maximum atomic E-state index is 12.2. The molecule has 2 aromatic carbocycles. The van der Waals surface area contributed by atoms with Crippen LogP contribution >= 0.6 is 0 Å². The molecule has 0 unspecified atom stereocenters. The zero-order chi connectivity index (χ0) is 14.3. The third-order valence-electron chi connectivity index (χ3n) is 3.25. The van der Waals surface area contributed by atoms with Gasteiger partial charge in [-0.15, -0.1) is 0 Å². The molecule has 2 aromatic rings. The van der Waals surface area contributed by atoms with Gasteiger partial charge in [-0.3, -0.25) is 19.2 Å². The highest BCUT2D eigenvalue weighted by Gasteiger charge is 2.33. The van der Waals surface area contributed by atoms with Crippen LogP contribution in [0.3, 0.4) is 0 Å². The summed E-state index contributed by atoms with van der Waals surface area (Å²) in [4.78, 5) is 48.8. The molecule has 1 aliphatic carbocycles. The summed E-state index contributed by atoms with van der Waals surface area (Å²) in [6, 6.07) is 11.7. The molecule has 0 saturated carbocycles. The summed E-state index contributed by atoms with van der Waals surface area (Å²) < 4.78 is 0. The van der Waals surface area contributed by atoms with Gasteiger partial charge in [-0.25, -0.2) is 0 Å². The van der Waals surface area contributed by atoms with E-state index < -0.39 is 23.1 Å². The summed E-state index contributed by atoms with van der Waals surface area (Å²) in [6.07, 6.45) is 0. The molecule has 0 radical (unpaired) electrons. The van der Waals surface area contributed by atoms with Crippen molar-refractivity contribution in [1.29, 1.82) is 0 Å². The highest BCUT2D eigenvalue weighted by atomic mass is 16.2. The summed E-state index contributed by atoms with van der Waals surface area (Å²) in [5.41, 5.74) is -0.0913. The Morgan fingerprint density at radius 3 is 0.800 bits per heavy atom. The molecule has 0 aliphatic heterocycles. The van der Waals surface area contributed by atoms with E-state index in [4.69, 9.17) is 0 Å². The van der Waals surface area contributed by atoms with Crippen molar-refractivity contribution in [3.05, 3.63) is 70.8 Å². The van der Waals surface area contributed by atoms with Gasteiger partial charge < -0.3 is 0 Å². The van der Waals surface area contributed by atoms with Crippen molar-refractivity contribution in [2.24, 2.45) is 0 Å². The summed E-state index contributed by atoms with van der Waals surface area (Å²) >= 11 is 0. The Kier molecular flexibility index (Phi) is 2.64. The highest BCUT2D eigenvalue weighted by molar-refractivity contribution is 6.59. The first-order valence-corrected chi connectivity index (χ1v) is 5.97. The van der Waals surface area contributed by atoms with E-state index in [0.29, 0.717) is 0 Å². The first-order valence-electron chi connectivity index (χ1n) is 5.97. The highest BCUT2D eigenvalue weighted by Crippen LogP contribution is 2.22. The number of hydrogen-bond acceptors (Lipinski definition) is 4. The molecule has 96 valence electrons. The Morgan fingerprint density at radius 2 is 0.600 bits per heavy atom. The number of ketones is 4. The fourth-order valence-electron chi connectivity index (χ4n) is 2.25. The van der Waals surface area contributed by atoms with E-state index in [9.17, 15) is 19.2 Å². The zero-order valence-electron chi connectivity index (χ0n) is 10.3. The van der Waals surface area contributed by atoms with Gasteiger partial charge in [0.25, 0.3) is 0 Å². The van der Waals surface area contributed by atoms with Gasteiger partial charge >= 0.3 is 0 Å². The van der Waals surface area contributed by atoms with Gasteiger partial charge in [0.15, 0.2) is 0 Å². The second kappa shape index (κ2) is 4.35. The van der Waals surface area contributed by atoms with Gasteiger partial charge in [0.1, 0.15) is 0 Å². The quantitative estimate of drug-likeness (QED) is 0.683. The first-order chi connectivity index (χ1) is 9.61. The van der Waals surface area contributed by atoms with E-state index in [1.165, 1.54) is 24.3 Å². The van der Waals surface area contributed by atoms with Crippen LogP contribution in [0.25, 0.3) is 0 Å². The average Bonchev–Trinajstić information content (AvgIpc) is 2.51.